The number of aromatic nitrogens is 3. The molecule has 1 aromatic carbocycles. The summed E-state index contributed by atoms with van der Waals surface area (Å²) in [6.45, 7) is 3.29. The summed E-state index contributed by atoms with van der Waals surface area (Å²) in [7, 11) is 0. The van der Waals surface area contributed by atoms with Crippen LogP contribution in [-0.4, -0.2) is 52.2 Å². The van der Waals surface area contributed by atoms with Crippen molar-refractivity contribution in [3.8, 4) is 0 Å². The Bertz CT molecular complexity index is 958. The van der Waals surface area contributed by atoms with Gasteiger partial charge in [-0.15, -0.1) is 0 Å². The Labute approximate surface area is 162 Å². The Morgan fingerprint density at radius 1 is 0.929 bits per heavy atom. The minimum Gasteiger partial charge on any atom is -0.478 e. The number of nitrogens with one attached hydrogen (secondary N) is 1. The summed E-state index contributed by atoms with van der Waals surface area (Å²) in [5.41, 5.74) is 0.898. The number of anilines is 4. The predicted molar refractivity (Wildman–Crippen MR) is 107 cm³/mol. The molecule has 4 rings (SSSR count). The molecule has 2 aromatic heterocycles. The molecule has 0 saturated carbocycles. The lowest BCUT2D eigenvalue weighted by molar-refractivity contribution is 0.0697. The average molecular weight is 376 g/mol. The van der Waals surface area contributed by atoms with Crippen molar-refractivity contribution in [3.05, 3.63) is 66.5 Å². The molecule has 0 spiro atoms. The van der Waals surface area contributed by atoms with Crippen molar-refractivity contribution < 1.29 is 9.90 Å². The first-order valence-corrected chi connectivity index (χ1v) is 9.03. The molecule has 8 nitrogen and oxygen atoms in total. The maximum atomic E-state index is 11.1. The average Bonchev–Trinajstić information content (AvgIpc) is 2.75. The fourth-order valence-electron chi connectivity index (χ4n) is 3.12. The standard InChI is InChI=1S/C20H20N6O2/c27-19(28)15-4-3-5-16(14-15)23-17-7-9-22-20(24-17)26-12-10-25(11-13-26)18-6-1-2-8-21-18/h1-9,14H,10-13H2,(H,27,28)(H,22,23,24). The Hall–Kier alpha value is -3.68. The van der Waals surface area contributed by atoms with Crippen molar-refractivity contribution >= 4 is 29.2 Å². The van der Waals surface area contributed by atoms with Gasteiger partial charge in [-0.05, 0) is 36.4 Å². The minimum absolute atomic E-state index is 0.227. The highest BCUT2D eigenvalue weighted by Crippen LogP contribution is 2.20. The monoisotopic (exact) mass is 376 g/mol. The number of piperazine rings is 1. The summed E-state index contributed by atoms with van der Waals surface area (Å²) in [6, 6.07) is 14.3. The second-order valence-corrected chi connectivity index (χ2v) is 6.41. The second kappa shape index (κ2) is 7.91. The second-order valence-electron chi connectivity index (χ2n) is 6.41. The molecule has 0 bridgehead atoms. The number of hydrogen-bond acceptors (Lipinski definition) is 7. The van der Waals surface area contributed by atoms with Crippen molar-refractivity contribution in [3.63, 3.8) is 0 Å². The summed E-state index contributed by atoms with van der Waals surface area (Å²) in [4.78, 5) is 28.9. The van der Waals surface area contributed by atoms with Gasteiger partial charge in [-0.25, -0.2) is 14.8 Å². The van der Waals surface area contributed by atoms with Crippen LogP contribution in [0.15, 0.2) is 60.9 Å². The first-order valence-electron chi connectivity index (χ1n) is 9.03. The van der Waals surface area contributed by atoms with Gasteiger partial charge < -0.3 is 20.2 Å². The fraction of sp³-hybridized carbons (Fsp3) is 0.200. The van der Waals surface area contributed by atoms with Gasteiger partial charge in [0.1, 0.15) is 11.6 Å². The molecule has 0 unspecified atom stereocenters. The predicted octanol–water partition coefficient (Wildman–Crippen LogP) is 2.64. The first kappa shape index (κ1) is 17.7. The lowest BCUT2D eigenvalue weighted by Gasteiger charge is -2.35. The quantitative estimate of drug-likeness (QED) is 0.702. The molecule has 0 radical (unpaired) electrons. The van der Waals surface area contributed by atoms with Crippen LogP contribution in [0.3, 0.4) is 0 Å². The third kappa shape index (κ3) is 4.01. The summed E-state index contributed by atoms with van der Waals surface area (Å²) < 4.78 is 0. The molecule has 1 fully saturated rings. The lowest BCUT2D eigenvalue weighted by atomic mass is 10.2. The molecule has 0 aliphatic carbocycles. The Kier molecular flexibility index (Phi) is 5.01. The number of carbonyl (C=O) groups is 1. The maximum absolute atomic E-state index is 11.1. The van der Waals surface area contributed by atoms with Crippen LogP contribution in [-0.2, 0) is 0 Å². The number of carboxylic acids is 1. The van der Waals surface area contributed by atoms with E-state index in [9.17, 15) is 4.79 Å². The number of pyridine rings is 1. The van der Waals surface area contributed by atoms with Gasteiger partial charge in [-0.3, -0.25) is 0 Å². The maximum Gasteiger partial charge on any atom is 0.335 e. The lowest BCUT2D eigenvalue weighted by Crippen LogP contribution is -2.47. The molecule has 0 amide bonds. The highest BCUT2D eigenvalue weighted by atomic mass is 16.4. The zero-order valence-electron chi connectivity index (χ0n) is 15.2. The van der Waals surface area contributed by atoms with E-state index in [1.807, 2.05) is 18.2 Å². The van der Waals surface area contributed by atoms with E-state index in [1.165, 1.54) is 0 Å². The number of hydrogen-bond donors (Lipinski definition) is 2. The molecule has 3 heterocycles. The van der Waals surface area contributed by atoms with E-state index in [4.69, 9.17) is 5.11 Å². The molecular formula is C20H20N6O2. The van der Waals surface area contributed by atoms with Crippen LogP contribution in [0.5, 0.6) is 0 Å². The SMILES string of the molecule is O=C(O)c1cccc(Nc2ccnc(N3CCN(c4ccccn4)CC3)n2)c1. The van der Waals surface area contributed by atoms with Gasteiger partial charge in [0.05, 0.1) is 5.56 Å². The van der Waals surface area contributed by atoms with Crippen LogP contribution < -0.4 is 15.1 Å². The smallest absolute Gasteiger partial charge is 0.335 e. The van der Waals surface area contributed by atoms with Gasteiger partial charge in [-0.2, -0.15) is 4.98 Å². The van der Waals surface area contributed by atoms with Crippen LogP contribution >= 0.6 is 0 Å². The minimum atomic E-state index is -0.960. The highest BCUT2D eigenvalue weighted by Gasteiger charge is 2.20. The summed E-state index contributed by atoms with van der Waals surface area (Å²) >= 11 is 0. The van der Waals surface area contributed by atoms with E-state index < -0.39 is 5.97 Å². The zero-order chi connectivity index (χ0) is 19.3. The number of benzene rings is 1. The Morgan fingerprint density at radius 2 is 1.75 bits per heavy atom. The summed E-state index contributed by atoms with van der Waals surface area (Å²) in [5.74, 6) is 1.30. The molecule has 3 aromatic rings. The van der Waals surface area contributed by atoms with Gasteiger partial charge >= 0.3 is 5.97 Å². The molecule has 1 saturated heterocycles. The molecule has 1 aliphatic rings. The van der Waals surface area contributed by atoms with Crippen LogP contribution in [0.2, 0.25) is 0 Å². The van der Waals surface area contributed by atoms with Gasteiger partial charge in [0.15, 0.2) is 0 Å². The molecular weight excluding hydrogens is 356 g/mol. The van der Waals surface area contributed by atoms with E-state index in [2.05, 4.69) is 30.1 Å². The third-order valence-corrected chi connectivity index (χ3v) is 4.56. The van der Waals surface area contributed by atoms with Crippen molar-refractivity contribution in [2.24, 2.45) is 0 Å². The van der Waals surface area contributed by atoms with Crippen LogP contribution in [0, 0.1) is 0 Å². The van der Waals surface area contributed by atoms with E-state index in [0.717, 1.165) is 32.0 Å². The van der Waals surface area contributed by atoms with Gasteiger partial charge in [0, 0.05) is 44.3 Å². The van der Waals surface area contributed by atoms with E-state index in [1.54, 1.807) is 42.7 Å². The summed E-state index contributed by atoms with van der Waals surface area (Å²) in [6.07, 6.45) is 3.51. The molecule has 8 heteroatoms. The molecule has 2 N–H and O–H groups in total. The highest BCUT2D eigenvalue weighted by molar-refractivity contribution is 5.89. The summed E-state index contributed by atoms with van der Waals surface area (Å²) in [5, 5.41) is 12.3. The fourth-order valence-corrected chi connectivity index (χ4v) is 3.12. The van der Waals surface area contributed by atoms with E-state index in [-0.39, 0.29) is 5.56 Å². The van der Waals surface area contributed by atoms with E-state index in [0.29, 0.717) is 17.5 Å². The van der Waals surface area contributed by atoms with Crippen molar-refractivity contribution in [2.45, 2.75) is 0 Å². The van der Waals surface area contributed by atoms with Crippen LogP contribution in [0.1, 0.15) is 10.4 Å². The van der Waals surface area contributed by atoms with Crippen LogP contribution in [0.25, 0.3) is 0 Å². The third-order valence-electron chi connectivity index (χ3n) is 4.56. The zero-order valence-corrected chi connectivity index (χ0v) is 15.2. The van der Waals surface area contributed by atoms with Gasteiger partial charge in [0.2, 0.25) is 5.95 Å². The number of rotatable bonds is 5. The number of nitrogens with zero attached hydrogens (tertiary/aromatic N) is 5. The molecule has 28 heavy (non-hydrogen) atoms. The van der Waals surface area contributed by atoms with Crippen molar-refractivity contribution in [2.75, 3.05) is 41.3 Å². The Morgan fingerprint density at radius 3 is 2.50 bits per heavy atom. The first-order chi connectivity index (χ1) is 13.7. The van der Waals surface area contributed by atoms with Gasteiger partial charge in [0.25, 0.3) is 0 Å². The van der Waals surface area contributed by atoms with Crippen LogP contribution in [0.4, 0.5) is 23.3 Å². The number of carboxylic acid groups (broad SMARTS) is 1. The topological polar surface area (TPSA) is 94.5 Å². The normalized spacial score (nSPS) is 14.0. The largest absolute Gasteiger partial charge is 0.478 e. The molecule has 0 atom stereocenters. The van der Waals surface area contributed by atoms with E-state index >= 15 is 0 Å². The van der Waals surface area contributed by atoms with Crippen molar-refractivity contribution in [1.29, 1.82) is 0 Å². The number of aromatic carboxylic acids is 1. The Balaban J connectivity index is 1.43. The van der Waals surface area contributed by atoms with Crippen molar-refractivity contribution in [1.82, 2.24) is 15.0 Å². The molecule has 142 valence electrons. The van der Waals surface area contributed by atoms with Gasteiger partial charge in [-0.1, -0.05) is 12.1 Å². The molecule has 1 aliphatic heterocycles.